The van der Waals surface area contributed by atoms with Crippen LogP contribution in [0.4, 0.5) is 0 Å². The van der Waals surface area contributed by atoms with Crippen LogP contribution in [-0.2, 0) is 0 Å². The van der Waals surface area contributed by atoms with Crippen molar-refractivity contribution in [2.75, 3.05) is 0 Å². The van der Waals surface area contributed by atoms with E-state index in [1.165, 1.54) is 0 Å². The van der Waals surface area contributed by atoms with Gasteiger partial charge in [-0.05, 0) is 0 Å². The quantitative estimate of drug-likeness (QED) is 0.259. The van der Waals surface area contributed by atoms with Crippen molar-refractivity contribution in [3.8, 4) is 0 Å². The van der Waals surface area contributed by atoms with Gasteiger partial charge in [0, 0.05) is 0 Å². The summed E-state index contributed by atoms with van der Waals surface area (Å²) in [5, 5.41) is 0. The van der Waals surface area contributed by atoms with Crippen molar-refractivity contribution in [2.45, 2.75) is 0 Å². The van der Waals surface area contributed by atoms with E-state index in [1.807, 2.05) is 0 Å². The predicted molar refractivity (Wildman–Crippen MR) is 87.6 cm³/mol. The van der Waals surface area contributed by atoms with Crippen LogP contribution >= 0.6 is 59.4 Å². The maximum atomic E-state index is 0. The van der Waals surface area contributed by atoms with E-state index in [1.54, 1.807) is 0 Å². The van der Waals surface area contributed by atoms with Gasteiger partial charge < -0.3 is 59.4 Å². The van der Waals surface area contributed by atoms with Gasteiger partial charge in [-0.3, -0.25) is 0 Å². The third-order valence-corrected chi connectivity index (χ3v) is 0. The molecule has 14 heteroatoms. The second kappa shape index (κ2) is 97.1. The van der Waals surface area contributed by atoms with E-state index < -0.39 is 0 Å². The van der Waals surface area contributed by atoms with Crippen LogP contribution in [0.3, 0.4) is 0 Å². The maximum Gasteiger partial charge on any atom is 3.00 e. The summed E-state index contributed by atoms with van der Waals surface area (Å²) in [6.07, 6.45) is 0. The van der Waals surface area contributed by atoms with E-state index in [-0.39, 0.29) is 372 Å². The molecular weight excluding hydrogens is 851 g/mol. The van der Waals surface area contributed by atoms with Crippen molar-refractivity contribution >= 4 is 372 Å². The molecule has 0 aromatic rings. The molecule has 0 atom stereocenters. The van der Waals surface area contributed by atoms with E-state index in [2.05, 4.69) is 0 Å². The summed E-state index contributed by atoms with van der Waals surface area (Å²) in [5.41, 5.74) is 0. The van der Waals surface area contributed by atoms with Gasteiger partial charge in [0.25, 0.3) is 0 Å². The van der Waals surface area contributed by atoms with Crippen LogP contribution in [0.1, 0.15) is 0 Å². The van der Waals surface area contributed by atoms with Crippen LogP contribution in [0, 0.1) is 0 Å². The van der Waals surface area contributed by atoms with Crippen molar-refractivity contribution in [1.82, 2.24) is 0 Å². The minimum absolute atomic E-state index is 0. The van der Waals surface area contributed by atoms with Gasteiger partial charge in [0.05, 0.1) is 0 Å². The average molecular weight is 851 g/mol. The first-order valence-electron chi connectivity index (χ1n) is 0. The van der Waals surface area contributed by atoms with Gasteiger partial charge in [-0.25, -0.2) is 0 Å². The van der Waals surface area contributed by atoms with Gasteiger partial charge in [0.1, 0.15) is 0 Å². The van der Waals surface area contributed by atoms with E-state index >= 15 is 0 Å². The van der Waals surface area contributed by atoms with Gasteiger partial charge in [-0.2, -0.15) is 0 Å². The fraction of sp³-hybridized carbons (Fsp3) is 0. The Labute approximate surface area is 359 Å². The van der Waals surface area contributed by atoms with Crippen molar-refractivity contribution < 1.29 is 0 Å². The maximum absolute atomic E-state index is 0. The summed E-state index contributed by atoms with van der Waals surface area (Å²) in [5.74, 6) is 0. The molecule has 0 aromatic heterocycles. The summed E-state index contributed by atoms with van der Waals surface area (Å²) in [6.45, 7) is 0. The normalized spacial score (nSPS) is 0. The molecule has 0 aliphatic heterocycles. The Morgan fingerprint density at radius 3 is 0.214 bits per heavy atom. The van der Waals surface area contributed by atoms with Crippen LogP contribution in [0.5, 0.6) is 0 Å². The molecule has 0 saturated carbocycles. The van der Waals surface area contributed by atoms with Gasteiger partial charge in [-0.1, -0.05) is 0 Å². The van der Waals surface area contributed by atoms with E-state index in [4.69, 9.17) is 0 Å². The largest absolute Gasteiger partial charge is 3.00 e. The molecular formula is Ga2P6Sr6. The smallest absolute Gasteiger partial charge is 3.00 e. The molecule has 0 unspecified atom stereocenters. The average Bonchev–Trinajstić information content (AvgIpc) is 0. The zero-order valence-electron chi connectivity index (χ0n) is 8.08. The monoisotopic (exact) mass is 851 g/mol. The molecule has 0 amide bonds. The second-order valence-electron chi connectivity index (χ2n) is 0. The molecule has 0 spiro atoms. The molecule has 48 valence electrons. The Morgan fingerprint density at radius 1 is 0.214 bits per heavy atom. The van der Waals surface area contributed by atoms with Crippen LogP contribution < -0.4 is 0 Å². The van der Waals surface area contributed by atoms with Crippen LogP contribution in [0.25, 0.3) is 0 Å². The van der Waals surface area contributed by atoms with Gasteiger partial charge in [0.15, 0.2) is 0 Å². The number of rotatable bonds is 0. The van der Waals surface area contributed by atoms with Crippen LogP contribution in [0.15, 0.2) is 0 Å². The molecule has 0 radical (unpaired) electrons. The third-order valence-electron chi connectivity index (χ3n) is 0. The van der Waals surface area contributed by atoms with Gasteiger partial charge in [-0.15, -0.1) is 0 Å². The topological polar surface area (TPSA) is 0 Å². The Morgan fingerprint density at radius 2 is 0.214 bits per heavy atom. The molecule has 0 heterocycles. The van der Waals surface area contributed by atoms with E-state index in [0.29, 0.717) is 0 Å². The van der Waals surface area contributed by atoms with E-state index in [9.17, 15) is 0 Å². The molecule has 0 rings (SSSR count). The number of hydrogen-bond acceptors (Lipinski definition) is 0. The standard InChI is InChI=1S/2Ga.6P.6Sr/q2*+3;6*-3;6*+2. The molecule has 0 nitrogen and oxygen atoms in total. The minimum Gasteiger partial charge on any atom is -3.00 e. The molecule has 0 saturated heterocycles. The van der Waals surface area contributed by atoms with Crippen molar-refractivity contribution in [3.05, 3.63) is 0 Å². The predicted octanol–water partition coefficient (Wildman–Crippen LogP) is 2.12. The first-order chi connectivity index (χ1) is 0. The van der Waals surface area contributed by atoms with Gasteiger partial charge in [0.2, 0.25) is 0 Å². The Kier molecular flexibility index (Phi) is 757. The van der Waals surface area contributed by atoms with Crippen LogP contribution in [0.2, 0.25) is 0 Å². The molecule has 0 aromatic carbocycles. The van der Waals surface area contributed by atoms with Crippen molar-refractivity contribution in [1.29, 1.82) is 0 Å². The summed E-state index contributed by atoms with van der Waals surface area (Å²) < 4.78 is 0. The summed E-state index contributed by atoms with van der Waals surface area (Å²) in [7, 11) is 0. The molecule has 0 fully saturated rings. The first kappa shape index (κ1) is 109. The molecule has 0 N–H and O–H groups in total. The zero-order chi connectivity index (χ0) is 0. The van der Waals surface area contributed by atoms with Crippen molar-refractivity contribution in [3.63, 3.8) is 0 Å². The first-order valence-corrected chi connectivity index (χ1v) is 0. The Bertz CT molecular complexity index is 20.3. The Balaban J connectivity index is 0. The summed E-state index contributed by atoms with van der Waals surface area (Å²) in [4.78, 5) is 0. The molecule has 0 bridgehead atoms. The fourth-order valence-corrected chi connectivity index (χ4v) is 0. The summed E-state index contributed by atoms with van der Waals surface area (Å²) >= 11 is 0. The fourth-order valence-electron chi connectivity index (χ4n) is 0. The third kappa shape index (κ3) is 85.9. The summed E-state index contributed by atoms with van der Waals surface area (Å²) in [6, 6.07) is 0. The minimum atomic E-state index is 0. The Hall–Kier alpha value is 12.7. The van der Waals surface area contributed by atoms with Crippen molar-refractivity contribution in [2.24, 2.45) is 0 Å². The SMILES string of the molecule is [Ga+3].[Ga+3].[P-3].[P-3].[P-3].[P-3].[P-3].[P-3].[Sr+2].[Sr+2].[Sr+2].[Sr+2].[Sr+2].[Sr+2]. The second-order valence-corrected chi connectivity index (χ2v) is 0. The zero-order valence-corrected chi connectivity index (χ0v) is 39.1. The number of hydrogen-bond donors (Lipinski definition) is 0. The molecule has 0 aliphatic rings. The molecule has 0 aliphatic carbocycles. The van der Waals surface area contributed by atoms with Crippen LogP contribution in [-0.4, -0.2) is 312 Å². The molecule has 14 heavy (non-hydrogen) atoms. The van der Waals surface area contributed by atoms with Gasteiger partial charge >= 0.3 is 312 Å². The van der Waals surface area contributed by atoms with E-state index in [0.717, 1.165) is 0 Å².